The van der Waals surface area contributed by atoms with Crippen molar-refractivity contribution in [1.29, 1.82) is 0 Å². The third-order valence-corrected chi connectivity index (χ3v) is 3.68. The molecule has 0 radical (unpaired) electrons. The van der Waals surface area contributed by atoms with Gasteiger partial charge in [0.25, 0.3) is 0 Å². The van der Waals surface area contributed by atoms with Gasteiger partial charge in [0, 0.05) is 31.6 Å². The van der Waals surface area contributed by atoms with Gasteiger partial charge in [-0.15, -0.1) is 0 Å². The van der Waals surface area contributed by atoms with Gasteiger partial charge >= 0.3 is 0 Å². The summed E-state index contributed by atoms with van der Waals surface area (Å²) in [6.07, 6.45) is 8.52. The molecule has 0 amide bonds. The first-order valence-electron chi connectivity index (χ1n) is 6.70. The lowest BCUT2D eigenvalue weighted by molar-refractivity contribution is 0.204. The molecule has 0 saturated carbocycles. The molecule has 2 heterocycles. The second-order valence-electron chi connectivity index (χ2n) is 4.76. The van der Waals surface area contributed by atoms with Crippen LogP contribution >= 0.6 is 0 Å². The first-order valence-corrected chi connectivity index (χ1v) is 6.70. The molecule has 1 atom stereocenters. The van der Waals surface area contributed by atoms with E-state index in [9.17, 15) is 0 Å². The first kappa shape index (κ1) is 12.6. The summed E-state index contributed by atoms with van der Waals surface area (Å²) in [5.41, 5.74) is 0. The fourth-order valence-electron chi connectivity index (χ4n) is 2.72. The number of nitrogens with zero attached hydrogens (tertiary/aromatic N) is 3. The third-order valence-electron chi connectivity index (χ3n) is 3.68. The average molecular weight is 237 g/mol. The van der Waals surface area contributed by atoms with E-state index in [1.54, 1.807) is 0 Å². The van der Waals surface area contributed by atoms with Crippen molar-refractivity contribution in [2.24, 2.45) is 0 Å². The van der Waals surface area contributed by atoms with Gasteiger partial charge in [0.05, 0.1) is 6.54 Å². The zero-order chi connectivity index (χ0) is 12.1. The largest absolute Gasteiger partial charge is 0.396 e. The Morgan fingerprint density at radius 1 is 1.53 bits per heavy atom. The van der Waals surface area contributed by atoms with Crippen LogP contribution in [0.2, 0.25) is 0 Å². The van der Waals surface area contributed by atoms with E-state index in [-0.39, 0.29) is 0 Å². The molecule has 0 aromatic carbocycles. The molecule has 1 aliphatic heterocycles. The van der Waals surface area contributed by atoms with Crippen molar-refractivity contribution >= 4 is 0 Å². The minimum Gasteiger partial charge on any atom is -0.396 e. The summed E-state index contributed by atoms with van der Waals surface area (Å²) in [7, 11) is 0. The third kappa shape index (κ3) is 3.07. The summed E-state index contributed by atoms with van der Waals surface area (Å²) in [5.74, 6) is 1.17. The van der Waals surface area contributed by atoms with E-state index >= 15 is 0 Å². The predicted molar refractivity (Wildman–Crippen MR) is 67.7 cm³/mol. The minimum atomic E-state index is 0.313. The van der Waals surface area contributed by atoms with Gasteiger partial charge in [0.1, 0.15) is 5.82 Å². The number of hydrogen-bond acceptors (Lipinski definition) is 3. The Bertz CT molecular complexity index is 337. The monoisotopic (exact) mass is 237 g/mol. The highest BCUT2D eigenvalue weighted by Gasteiger charge is 2.24. The van der Waals surface area contributed by atoms with Crippen molar-refractivity contribution in [3.8, 4) is 0 Å². The molecule has 1 fully saturated rings. The van der Waals surface area contributed by atoms with Crippen LogP contribution in [-0.4, -0.2) is 38.8 Å². The van der Waals surface area contributed by atoms with Gasteiger partial charge in [-0.05, 0) is 39.2 Å². The van der Waals surface area contributed by atoms with Crippen LogP contribution in [0.4, 0.5) is 0 Å². The molecule has 4 nitrogen and oxygen atoms in total. The molecule has 0 spiro atoms. The van der Waals surface area contributed by atoms with Crippen molar-refractivity contribution in [3.63, 3.8) is 0 Å². The molecule has 4 heteroatoms. The molecule has 0 aliphatic carbocycles. The lowest BCUT2D eigenvalue weighted by atomic mass is 10.1. The molecule has 17 heavy (non-hydrogen) atoms. The standard InChI is InChI=1S/C13H23N3O/c1-2-15-9-7-14-13(15)11-16-8-3-5-12(16)6-4-10-17/h7,9,12,17H,2-6,8,10-11H2,1H3. The Labute approximate surface area is 103 Å². The Balaban J connectivity index is 1.93. The maximum absolute atomic E-state index is 8.92. The normalized spacial score (nSPS) is 21.2. The summed E-state index contributed by atoms with van der Waals surface area (Å²) < 4.78 is 2.21. The zero-order valence-electron chi connectivity index (χ0n) is 10.7. The molecular weight excluding hydrogens is 214 g/mol. The second kappa shape index (κ2) is 6.17. The summed E-state index contributed by atoms with van der Waals surface area (Å²) in [5, 5.41) is 8.92. The van der Waals surface area contributed by atoms with Crippen molar-refractivity contribution in [2.75, 3.05) is 13.2 Å². The molecule has 1 aromatic rings. The lowest BCUT2D eigenvalue weighted by Crippen LogP contribution is -2.30. The van der Waals surface area contributed by atoms with E-state index in [2.05, 4.69) is 21.4 Å². The maximum Gasteiger partial charge on any atom is 0.122 e. The highest BCUT2D eigenvalue weighted by molar-refractivity contribution is 4.94. The molecule has 1 unspecified atom stereocenters. The van der Waals surface area contributed by atoms with Gasteiger partial charge in [-0.1, -0.05) is 0 Å². The van der Waals surface area contributed by atoms with E-state index in [0.717, 1.165) is 25.9 Å². The number of likely N-dealkylation sites (tertiary alicyclic amines) is 1. The topological polar surface area (TPSA) is 41.3 Å². The smallest absolute Gasteiger partial charge is 0.122 e. The predicted octanol–water partition coefficient (Wildman–Crippen LogP) is 1.64. The van der Waals surface area contributed by atoms with E-state index in [0.29, 0.717) is 12.6 Å². The number of imidazole rings is 1. The van der Waals surface area contributed by atoms with Crippen LogP contribution in [0.3, 0.4) is 0 Å². The number of aliphatic hydroxyl groups is 1. The molecule has 1 N–H and O–H groups in total. The Hall–Kier alpha value is -0.870. The van der Waals surface area contributed by atoms with Crippen LogP contribution in [0.1, 0.15) is 38.4 Å². The lowest BCUT2D eigenvalue weighted by Gasteiger charge is -2.24. The SMILES string of the molecule is CCn1ccnc1CN1CCCC1CCCO. The summed E-state index contributed by atoms with van der Waals surface area (Å²) in [6.45, 7) is 5.58. The maximum atomic E-state index is 8.92. The zero-order valence-corrected chi connectivity index (χ0v) is 10.7. The van der Waals surface area contributed by atoms with Crippen molar-refractivity contribution in [3.05, 3.63) is 18.2 Å². The minimum absolute atomic E-state index is 0.313. The fourth-order valence-corrected chi connectivity index (χ4v) is 2.72. The number of aliphatic hydroxyl groups excluding tert-OH is 1. The second-order valence-corrected chi connectivity index (χ2v) is 4.76. The Morgan fingerprint density at radius 2 is 2.41 bits per heavy atom. The van der Waals surface area contributed by atoms with Crippen LogP contribution in [-0.2, 0) is 13.1 Å². The average Bonchev–Trinajstić information content (AvgIpc) is 2.96. The van der Waals surface area contributed by atoms with Crippen LogP contribution < -0.4 is 0 Å². The molecule has 96 valence electrons. The van der Waals surface area contributed by atoms with Crippen LogP contribution in [0.15, 0.2) is 12.4 Å². The highest BCUT2D eigenvalue weighted by atomic mass is 16.2. The van der Waals surface area contributed by atoms with E-state index < -0.39 is 0 Å². The number of aromatic nitrogens is 2. The van der Waals surface area contributed by atoms with Gasteiger partial charge in [-0.3, -0.25) is 4.90 Å². The summed E-state index contributed by atoms with van der Waals surface area (Å²) in [4.78, 5) is 6.96. The summed E-state index contributed by atoms with van der Waals surface area (Å²) in [6, 6.07) is 0.643. The molecule has 0 bridgehead atoms. The van der Waals surface area contributed by atoms with Crippen LogP contribution in [0, 0.1) is 0 Å². The Kier molecular flexibility index (Phi) is 4.57. The van der Waals surface area contributed by atoms with Gasteiger partial charge in [-0.25, -0.2) is 4.98 Å². The molecule has 1 saturated heterocycles. The van der Waals surface area contributed by atoms with Gasteiger partial charge in [0.2, 0.25) is 0 Å². The van der Waals surface area contributed by atoms with Crippen LogP contribution in [0.25, 0.3) is 0 Å². The fraction of sp³-hybridized carbons (Fsp3) is 0.769. The van der Waals surface area contributed by atoms with Gasteiger partial charge < -0.3 is 9.67 Å². The highest BCUT2D eigenvalue weighted by Crippen LogP contribution is 2.23. The molecule has 2 rings (SSSR count). The number of aryl methyl sites for hydroxylation is 1. The van der Waals surface area contributed by atoms with Gasteiger partial charge in [-0.2, -0.15) is 0 Å². The van der Waals surface area contributed by atoms with Crippen LogP contribution in [0.5, 0.6) is 0 Å². The van der Waals surface area contributed by atoms with Crippen molar-refractivity contribution < 1.29 is 5.11 Å². The summed E-state index contributed by atoms with van der Waals surface area (Å²) >= 11 is 0. The number of hydrogen-bond donors (Lipinski definition) is 1. The van der Waals surface area contributed by atoms with E-state index in [4.69, 9.17) is 5.11 Å². The van der Waals surface area contributed by atoms with Crippen molar-refractivity contribution in [1.82, 2.24) is 14.5 Å². The van der Waals surface area contributed by atoms with E-state index in [1.165, 1.54) is 25.2 Å². The first-order chi connectivity index (χ1) is 8.35. The molecule has 1 aliphatic rings. The molecular formula is C13H23N3O. The van der Waals surface area contributed by atoms with E-state index in [1.807, 2.05) is 12.4 Å². The van der Waals surface area contributed by atoms with Gasteiger partial charge in [0.15, 0.2) is 0 Å². The molecule has 1 aromatic heterocycles. The number of rotatable bonds is 6. The van der Waals surface area contributed by atoms with Crippen molar-refractivity contribution in [2.45, 2.75) is 51.7 Å². The quantitative estimate of drug-likeness (QED) is 0.818. The Morgan fingerprint density at radius 3 is 3.18 bits per heavy atom.